The maximum absolute atomic E-state index is 10.4. The van der Waals surface area contributed by atoms with Crippen molar-refractivity contribution in [3.8, 4) is 5.75 Å². The molecule has 4 atom stereocenters. The minimum Gasteiger partial charge on any atom is -0.497 e. The fourth-order valence-electron chi connectivity index (χ4n) is 5.74. The number of aliphatic hydroxyl groups excluding tert-OH is 1. The zero-order chi connectivity index (χ0) is 21.8. The van der Waals surface area contributed by atoms with Crippen molar-refractivity contribution < 1.29 is 14.6 Å². The van der Waals surface area contributed by atoms with Crippen molar-refractivity contribution in [3.63, 3.8) is 0 Å². The average Bonchev–Trinajstić information content (AvgIpc) is 3.31. The molecule has 5 rings (SSSR count). The molecule has 2 N–H and O–H groups in total. The summed E-state index contributed by atoms with van der Waals surface area (Å²) in [7, 11) is 1.70. The van der Waals surface area contributed by atoms with E-state index in [1.807, 2.05) is 12.1 Å². The van der Waals surface area contributed by atoms with Gasteiger partial charge in [-0.25, -0.2) is 0 Å². The second kappa shape index (κ2) is 10.0. The number of fused-ring (bicyclic) bond motifs is 1. The van der Waals surface area contributed by atoms with E-state index in [2.05, 4.69) is 42.3 Å². The van der Waals surface area contributed by atoms with Crippen molar-refractivity contribution in [2.24, 2.45) is 17.3 Å². The maximum Gasteiger partial charge on any atom is 0.118 e. The van der Waals surface area contributed by atoms with Gasteiger partial charge in [0.15, 0.2) is 0 Å². The lowest BCUT2D eigenvalue weighted by Gasteiger charge is -2.56. The largest absolute Gasteiger partial charge is 0.497 e. The van der Waals surface area contributed by atoms with Crippen LogP contribution in [0.15, 0.2) is 35.9 Å². The van der Waals surface area contributed by atoms with Crippen LogP contribution >= 0.6 is 0 Å². The number of hydrogen-bond donors (Lipinski definition) is 2. The Morgan fingerprint density at radius 3 is 2.55 bits per heavy atom. The highest BCUT2D eigenvalue weighted by Crippen LogP contribution is 2.59. The van der Waals surface area contributed by atoms with Gasteiger partial charge in [0.1, 0.15) is 5.75 Å². The van der Waals surface area contributed by atoms with Gasteiger partial charge in [-0.1, -0.05) is 32.1 Å². The number of nitrogens with zero attached hydrogens (tertiary/aromatic N) is 1. The van der Waals surface area contributed by atoms with Gasteiger partial charge in [0.05, 0.1) is 26.4 Å². The normalized spacial score (nSPS) is 26.8. The lowest BCUT2D eigenvalue weighted by atomic mass is 9.49. The van der Waals surface area contributed by atoms with Crippen LogP contribution in [0.25, 0.3) is 0 Å². The Morgan fingerprint density at radius 1 is 1.16 bits per heavy atom. The minimum atomic E-state index is -0.485. The van der Waals surface area contributed by atoms with Crippen molar-refractivity contribution >= 4 is 0 Å². The standard InChI is InChI=1S/C26H40N2O3/c1-26(2)21-9-6-20(24(26)14-21)17-31-18-22(29)15-27-16-25(28-12-4-5-13-28)19-7-10-23(30-3)11-8-19/h6-8,10-11,21-22,24-25,27,29H,4-5,9,12-18H2,1-3H3. The smallest absolute Gasteiger partial charge is 0.118 e. The molecular weight excluding hydrogens is 388 g/mol. The van der Waals surface area contributed by atoms with Gasteiger partial charge >= 0.3 is 0 Å². The van der Waals surface area contributed by atoms with Crippen molar-refractivity contribution in [3.05, 3.63) is 41.5 Å². The topological polar surface area (TPSA) is 54.0 Å². The van der Waals surface area contributed by atoms with Gasteiger partial charge in [0.2, 0.25) is 0 Å². The number of benzene rings is 1. The lowest BCUT2D eigenvalue weighted by molar-refractivity contribution is -0.0235. The number of aliphatic hydroxyl groups is 1. The number of hydrogen-bond acceptors (Lipinski definition) is 5. The first-order valence-electron chi connectivity index (χ1n) is 12.0. The van der Waals surface area contributed by atoms with Crippen LogP contribution in [-0.4, -0.2) is 62.6 Å². The molecule has 2 bridgehead atoms. The fraction of sp³-hybridized carbons (Fsp3) is 0.692. The third-order valence-electron chi connectivity index (χ3n) is 7.96. The molecule has 4 unspecified atom stereocenters. The first-order valence-corrected chi connectivity index (χ1v) is 12.0. The second-order valence-electron chi connectivity index (χ2n) is 10.2. The van der Waals surface area contributed by atoms with Crippen LogP contribution in [0.1, 0.15) is 51.1 Å². The number of allylic oxidation sites excluding steroid dienone is 1. The molecule has 2 fully saturated rings. The Kier molecular flexibility index (Phi) is 7.37. The van der Waals surface area contributed by atoms with Crippen LogP contribution in [0.2, 0.25) is 0 Å². The molecular formula is C26H40N2O3. The van der Waals surface area contributed by atoms with Crippen LogP contribution in [0.3, 0.4) is 0 Å². The van der Waals surface area contributed by atoms with E-state index >= 15 is 0 Å². The Labute approximate surface area is 187 Å². The van der Waals surface area contributed by atoms with Crippen LogP contribution in [0, 0.1) is 17.3 Å². The first-order chi connectivity index (χ1) is 15.0. The molecule has 1 aliphatic heterocycles. The zero-order valence-electron chi connectivity index (χ0n) is 19.5. The summed E-state index contributed by atoms with van der Waals surface area (Å²) in [5.41, 5.74) is 3.17. The third kappa shape index (κ3) is 5.16. The van der Waals surface area contributed by atoms with Crippen LogP contribution < -0.4 is 10.1 Å². The number of methoxy groups -OCH3 is 1. The van der Waals surface area contributed by atoms with E-state index in [9.17, 15) is 5.11 Å². The lowest BCUT2D eigenvalue weighted by Crippen LogP contribution is -2.48. The molecule has 4 aliphatic rings. The molecule has 1 saturated carbocycles. The van der Waals surface area contributed by atoms with E-state index in [0.717, 1.165) is 31.3 Å². The van der Waals surface area contributed by atoms with Crippen molar-refractivity contribution in [1.82, 2.24) is 10.2 Å². The first kappa shape index (κ1) is 22.8. The second-order valence-corrected chi connectivity index (χ2v) is 10.2. The average molecular weight is 429 g/mol. The molecule has 5 heteroatoms. The Balaban J connectivity index is 1.21. The summed E-state index contributed by atoms with van der Waals surface area (Å²) in [5.74, 6) is 2.41. The predicted octanol–water partition coefficient (Wildman–Crippen LogP) is 3.79. The summed E-state index contributed by atoms with van der Waals surface area (Å²) in [6, 6.07) is 8.71. The molecule has 172 valence electrons. The monoisotopic (exact) mass is 428 g/mol. The van der Waals surface area contributed by atoms with E-state index in [0.29, 0.717) is 37.1 Å². The van der Waals surface area contributed by atoms with Crippen LogP contribution in [0.4, 0.5) is 0 Å². The molecule has 1 saturated heterocycles. The molecule has 0 amide bonds. The summed E-state index contributed by atoms with van der Waals surface area (Å²) in [4.78, 5) is 2.54. The molecule has 0 radical (unpaired) electrons. The number of rotatable bonds is 11. The summed E-state index contributed by atoms with van der Waals surface area (Å²) in [6.07, 6.45) is 6.92. The number of likely N-dealkylation sites (tertiary alicyclic amines) is 1. The molecule has 31 heavy (non-hydrogen) atoms. The van der Waals surface area contributed by atoms with E-state index in [-0.39, 0.29) is 0 Å². The van der Waals surface area contributed by atoms with Gasteiger partial charge in [0.25, 0.3) is 0 Å². The van der Waals surface area contributed by atoms with Crippen molar-refractivity contribution in [2.75, 3.05) is 46.5 Å². The number of nitrogens with one attached hydrogen (secondary N) is 1. The summed E-state index contributed by atoms with van der Waals surface area (Å²) in [5, 5.41) is 13.9. The molecule has 0 aromatic heterocycles. The van der Waals surface area contributed by atoms with Gasteiger partial charge in [-0.15, -0.1) is 0 Å². The van der Waals surface area contributed by atoms with Gasteiger partial charge in [0, 0.05) is 19.1 Å². The molecule has 1 aromatic carbocycles. The Morgan fingerprint density at radius 2 is 1.90 bits per heavy atom. The quantitative estimate of drug-likeness (QED) is 0.525. The van der Waals surface area contributed by atoms with Crippen LogP contribution in [-0.2, 0) is 4.74 Å². The highest BCUT2D eigenvalue weighted by atomic mass is 16.5. The summed E-state index contributed by atoms with van der Waals surface area (Å²) >= 11 is 0. The van der Waals surface area contributed by atoms with E-state index in [1.54, 1.807) is 7.11 Å². The molecule has 1 heterocycles. The highest BCUT2D eigenvalue weighted by Gasteiger charge is 2.50. The molecule has 5 nitrogen and oxygen atoms in total. The van der Waals surface area contributed by atoms with Gasteiger partial charge in [-0.2, -0.15) is 0 Å². The summed E-state index contributed by atoms with van der Waals surface area (Å²) < 4.78 is 11.2. The van der Waals surface area contributed by atoms with Gasteiger partial charge < -0.3 is 19.9 Å². The zero-order valence-corrected chi connectivity index (χ0v) is 19.5. The number of ether oxygens (including phenoxy) is 2. The Hall–Kier alpha value is -1.40. The van der Waals surface area contributed by atoms with Crippen LogP contribution in [0.5, 0.6) is 5.75 Å². The van der Waals surface area contributed by atoms with Gasteiger partial charge in [-0.3, -0.25) is 4.90 Å². The third-order valence-corrected chi connectivity index (χ3v) is 7.96. The Bertz CT molecular complexity index is 740. The van der Waals surface area contributed by atoms with E-state index < -0.39 is 6.10 Å². The van der Waals surface area contributed by atoms with Crippen molar-refractivity contribution in [2.45, 2.75) is 51.7 Å². The SMILES string of the molecule is COc1ccc(C(CNCC(O)COCC2=CCC3CC2C3(C)C)N2CCCC2)cc1. The molecule has 1 aromatic rings. The van der Waals surface area contributed by atoms with Crippen molar-refractivity contribution in [1.29, 1.82) is 0 Å². The molecule has 0 spiro atoms. The minimum absolute atomic E-state index is 0.322. The van der Waals surface area contributed by atoms with E-state index in [1.165, 1.54) is 36.8 Å². The maximum atomic E-state index is 10.4. The van der Waals surface area contributed by atoms with Gasteiger partial charge in [-0.05, 0) is 79.3 Å². The predicted molar refractivity (Wildman–Crippen MR) is 124 cm³/mol. The molecule has 3 aliphatic carbocycles. The fourth-order valence-corrected chi connectivity index (χ4v) is 5.74. The summed E-state index contributed by atoms with van der Waals surface area (Å²) in [6.45, 7) is 9.48. The van der Waals surface area contributed by atoms with E-state index in [4.69, 9.17) is 9.47 Å². The highest BCUT2D eigenvalue weighted by molar-refractivity contribution is 5.29.